The maximum absolute atomic E-state index is 12.8. The van der Waals surface area contributed by atoms with Crippen molar-refractivity contribution in [2.45, 2.75) is 72.5 Å². The number of carbonyl (C=O) groups excluding carboxylic acids is 2. The van der Waals surface area contributed by atoms with Gasteiger partial charge in [-0.3, -0.25) is 4.79 Å². The van der Waals surface area contributed by atoms with Gasteiger partial charge in [0.1, 0.15) is 6.10 Å². The van der Waals surface area contributed by atoms with Gasteiger partial charge < -0.3 is 9.84 Å². The summed E-state index contributed by atoms with van der Waals surface area (Å²) in [6.45, 7) is 11.3. The number of esters is 1. The molecule has 0 unspecified atom stereocenters. The summed E-state index contributed by atoms with van der Waals surface area (Å²) in [7, 11) is 0. The first kappa shape index (κ1) is 18.9. The number of rotatable bonds is 3. The number of allylic oxidation sites excluding steroid dienone is 2. The van der Waals surface area contributed by atoms with Crippen molar-refractivity contribution >= 4 is 11.8 Å². The van der Waals surface area contributed by atoms with Gasteiger partial charge in [-0.15, -0.1) is 0 Å². The zero-order chi connectivity index (χ0) is 18.3. The van der Waals surface area contributed by atoms with Crippen molar-refractivity contribution in [3.8, 4) is 0 Å². The lowest BCUT2D eigenvalue weighted by Crippen LogP contribution is -2.52. The number of carbonyl (C=O) groups is 2. The molecule has 1 saturated carbocycles. The van der Waals surface area contributed by atoms with Crippen LogP contribution >= 0.6 is 0 Å². The summed E-state index contributed by atoms with van der Waals surface area (Å²) in [5, 5.41) is 11.4. The fraction of sp³-hybridized carbons (Fsp3) is 0.700. The van der Waals surface area contributed by atoms with E-state index in [1.54, 1.807) is 26.0 Å². The Kier molecular flexibility index (Phi) is 5.10. The second kappa shape index (κ2) is 6.47. The Bertz CT molecular complexity index is 601. The molecule has 0 aromatic heterocycles. The molecule has 0 aromatic carbocycles. The summed E-state index contributed by atoms with van der Waals surface area (Å²) in [4.78, 5) is 25.2. The maximum Gasteiger partial charge on any atom is 0.333 e. The number of aliphatic hydroxyl groups is 1. The van der Waals surface area contributed by atoms with E-state index in [2.05, 4.69) is 0 Å². The van der Waals surface area contributed by atoms with Crippen LogP contribution in [-0.4, -0.2) is 28.6 Å². The van der Waals surface area contributed by atoms with Gasteiger partial charge in [0.05, 0.1) is 5.60 Å². The molecule has 0 aliphatic heterocycles. The van der Waals surface area contributed by atoms with Crippen molar-refractivity contribution in [1.29, 1.82) is 0 Å². The first-order valence-corrected chi connectivity index (χ1v) is 8.84. The van der Waals surface area contributed by atoms with Gasteiger partial charge in [0.2, 0.25) is 0 Å². The average Bonchev–Trinajstić information content (AvgIpc) is 2.74. The molecule has 2 rings (SSSR count). The predicted octanol–water partition coefficient (Wildman–Crippen LogP) is 3.59. The van der Waals surface area contributed by atoms with Crippen LogP contribution in [0.5, 0.6) is 0 Å². The van der Waals surface area contributed by atoms with E-state index in [1.165, 1.54) is 0 Å². The minimum Gasteiger partial charge on any atom is -0.458 e. The number of ketones is 1. The van der Waals surface area contributed by atoms with Gasteiger partial charge in [0.25, 0.3) is 0 Å². The van der Waals surface area contributed by atoms with Crippen LogP contribution in [-0.2, 0) is 14.3 Å². The Balaban J connectivity index is 2.48. The topological polar surface area (TPSA) is 63.6 Å². The van der Waals surface area contributed by atoms with E-state index >= 15 is 0 Å². The van der Waals surface area contributed by atoms with E-state index in [-0.39, 0.29) is 23.6 Å². The summed E-state index contributed by atoms with van der Waals surface area (Å²) in [5.41, 5.74) is -0.249. The molecule has 0 radical (unpaired) electrons. The zero-order valence-electron chi connectivity index (χ0n) is 15.7. The Morgan fingerprint density at radius 2 is 2.04 bits per heavy atom. The Morgan fingerprint density at radius 1 is 1.42 bits per heavy atom. The number of hydrogen-bond donors (Lipinski definition) is 1. The molecular formula is C20H30O4. The van der Waals surface area contributed by atoms with Gasteiger partial charge in [0, 0.05) is 23.3 Å². The van der Waals surface area contributed by atoms with Gasteiger partial charge in [-0.25, -0.2) is 4.79 Å². The molecule has 0 aromatic rings. The van der Waals surface area contributed by atoms with Crippen LogP contribution in [0.15, 0.2) is 23.3 Å². The molecule has 4 nitrogen and oxygen atoms in total. The lowest BCUT2D eigenvalue weighted by molar-refractivity contribution is -0.164. The molecule has 1 N–H and O–H groups in total. The van der Waals surface area contributed by atoms with Gasteiger partial charge in [-0.2, -0.15) is 0 Å². The molecule has 2 aliphatic rings. The van der Waals surface area contributed by atoms with Crippen LogP contribution < -0.4 is 0 Å². The molecule has 1 fully saturated rings. The Labute approximate surface area is 145 Å². The standard InChI is InChI=1S/C20H30O4/c1-7-14(5)18(22)24-15-10-13(4)11-16(21)19(6)8-9-20(23,12(2)3)17(15)19/h7,11-12,15,17,23H,8-10H2,1-6H3/b14-7-/t15-,17+,19-,20+/m0/s1. The van der Waals surface area contributed by atoms with Gasteiger partial charge >= 0.3 is 5.97 Å². The molecule has 2 aliphatic carbocycles. The van der Waals surface area contributed by atoms with Crippen LogP contribution in [0.25, 0.3) is 0 Å². The highest BCUT2D eigenvalue weighted by Gasteiger charge is 2.62. The van der Waals surface area contributed by atoms with E-state index in [0.29, 0.717) is 24.8 Å². The third kappa shape index (κ3) is 2.97. The van der Waals surface area contributed by atoms with Crippen LogP contribution in [0.2, 0.25) is 0 Å². The van der Waals surface area contributed by atoms with Crippen molar-refractivity contribution < 1.29 is 19.4 Å². The summed E-state index contributed by atoms with van der Waals surface area (Å²) >= 11 is 0. The highest BCUT2D eigenvalue weighted by Crippen LogP contribution is 2.56. The monoisotopic (exact) mass is 334 g/mol. The number of ether oxygens (including phenoxy) is 1. The highest BCUT2D eigenvalue weighted by molar-refractivity contribution is 5.96. The van der Waals surface area contributed by atoms with Crippen LogP contribution in [0.4, 0.5) is 0 Å². The quantitative estimate of drug-likeness (QED) is 0.633. The van der Waals surface area contributed by atoms with E-state index < -0.39 is 17.1 Å². The molecule has 134 valence electrons. The third-order valence-corrected chi connectivity index (χ3v) is 6.12. The molecule has 0 spiro atoms. The third-order valence-electron chi connectivity index (χ3n) is 6.12. The molecule has 0 amide bonds. The molecule has 0 saturated heterocycles. The van der Waals surface area contributed by atoms with E-state index in [1.807, 2.05) is 27.7 Å². The van der Waals surface area contributed by atoms with Crippen LogP contribution in [0, 0.1) is 17.3 Å². The first-order chi connectivity index (χ1) is 11.1. The largest absolute Gasteiger partial charge is 0.458 e. The van der Waals surface area contributed by atoms with Crippen molar-refractivity contribution in [1.82, 2.24) is 0 Å². The number of hydrogen-bond acceptors (Lipinski definition) is 4. The summed E-state index contributed by atoms with van der Waals surface area (Å²) < 4.78 is 5.81. The van der Waals surface area contributed by atoms with Crippen LogP contribution in [0.3, 0.4) is 0 Å². The minimum atomic E-state index is -1.00. The Hall–Kier alpha value is -1.42. The summed E-state index contributed by atoms with van der Waals surface area (Å²) in [5.74, 6) is -0.729. The Morgan fingerprint density at radius 3 is 2.58 bits per heavy atom. The maximum atomic E-state index is 12.8. The predicted molar refractivity (Wildman–Crippen MR) is 93.3 cm³/mol. The number of fused-ring (bicyclic) bond motifs is 1. The van der Waals surface area contributed by atoms with Crippen molar-refractivity contribution in [3.63, 3.8) is 0 Å². The minimum absolute atomic E-state index is 0.0143. The summed E-state index contributed by atoms with van der Waals surface area (Å²) in [6, 6.07) is 0. The molecule has 0 heterocycles. The molecule has 0 bridgehead atoms. The zero-order valence-corrected chi connectivity index (χ0v) is 15.7. The van der Waals surface area contributed by atoms with E-state index in [0.717, 1.165) is 5.57 Å². The smallest absolute Gasteiger partial charge is 0.333 e. The second-order valence-corrected chi connectivity index (χ2v) is 8.02. The highest BCUT2D eigenvalue weighted by atomic mass is 16.5. The lowest BCUT2D eigenvalue weighted by Gasteiger charge is -2.42. The SMILES string of the molecule is C/C=C(/C)C(=O)O[C@H]1CC(C)=CC(=O)[C@]2(C)CC[C@@](O)(C(C)C)[C@H]12. The average molecular weight is 334 g/mol. The normalized spacial score (nSPS) is 37.1. The second-order valence-electron chi connectivity index (χ2n) is 8.02. The van der Waals surface area contributed by atoms with Gasteiger partial charge in [0.15, 0.2) is 5.78 Å². The van der Waals surface area contributed by atoms with Crippen molar-refractivity contribution in [3.05, 3.63) is 23.3 Å². The fourth-order valence-corrected chi connectivity index (χ4v) is 4.32. The molecular weight excluding hydrogens is 304 g/mol. The van der Waals surface area contributed by atoms with Gasteiger partial charge in [-0.1, -0.05) is 32.4 Å². The van der Waals surface area contributed by atoms with E-state index in [9.17, 15) is 14.7 Å². The van der Waals surface area contributed by atoms with Crippen molar-refractivity contribution in [2.24, 2.45) is 17.3 Å². The first-order valence-electron chi connectivity index (χ1n) is 8.84. The van der Waals surface area contributed by atoms with Crippen molar-refractivity contribution in [2.75, 3.05) is 0 Å². The van der Waals surface area contributed by atoms with Gasteiger partial charge in [-0.05, 0) is 45.6 Å². The molecule has 24 heavy (non-hydrogen) atoms. The molecule has 4 atom stereocenters. The fourth-order valence-electron chi connectivity index (χ4n) is 4.32. The lowest BCUT2D eigenvalue weighted by atomic mass is 9.67. The van der Waals surface area contributed by atoms with E-state index in [4.69, 9.17) is 4.74 Å². The molecule has 4 heteroatoms. The summed E-state index contributed by atoms with van der Waals surface area (Å²) in [6.07, 6.45) is 4.57. The van der Waals surface area contributed by atoms with Crippen LogP contribution in [0.1, 0.15) is 60.8 Å².